The summed E-state index contributed by atoms with van der Waals surface area (Å²) in [4.78, 5) is 10.7. The van der Waals surface area contributed by atoms with Crippen LogP contribution in [0.5, 0.6) is 5.75 Å². The molecular formula is C15H16O4. The molecular weight excluding hydrogens is 244 g/mol. The van der Waals surface area contributed by atoms with E-state index in [1.165, 1.54) is 11.6 Å². The first-order valence-corrected chi connectivity index (χ1v) is 6.11. The molecule has 4 heteroatoms. The van der Waals surface area contributed by atoms with Crippen LogP contribution < -0.4 is 4.74 Å². The molecule has 0 bridgehead atoms. The van der Waals surface area contributed by atoms with Crippen LogP contribution >= 0.6 is 0 Å². The summed E-state index contributed by atoms with van der Waals surface area (Å²) in [5.41, 5.74) is 1.20. The Balaban J connectivity index is 2.01. The summed E-state index contributed by atoms with van der Waals surface area (Å²) < 4.78 is 10.7. The Morgan fingerprint density at radius 3 is 2.74 bits per heavy atom. The van der Waals surface area contributed by atoms with E-state index >= 15 is 0 Å². The minimum atomic E-state index is -1.08. The van der Waals surface area contributed by atoms with Crippen molar-refractivity contribution in [3.8, 4) is 5.75 Å². The fourth-order valence-electron chi connectivity index (χ4n) is 1.69. The second-order valence-electron chi connectivity index (χ2n) is 4.59. The van der Waals surface area contributed by atoms with Gasteiger partial charge in [-0.25, -0.2) is 4.79 Å². The number of aromatic carboxylic acids is 1. The van der Waals surface area contributed by atoms with Crippen LogP contribution in [0.4, 0.5) is 0 Å². The van der Waals surface area contributed by atoms with Crippen molar-refractivity contribution in [2.45, 2.75) is 26.4 Å². The number of furan rings is 1. The van der Waals surface area contributed by atoms with Crippen molar-refractivity contribution in [3.63, 3.8) is 0 Å². The molecule has 19 heavy (non-hydrogen) atoms. The topological polar surface area (TPSA) is 59.7 Å². The molecule has 0 fully saturated rings. The Bertz CT molecular complexity index is 569. The lowest BCUT2D eigenvalue weighted by molar-refractivity contribution is 0.0658. The van der Waals surface area contributed by atoms with Gasteiger partial charge in [0.2, 0.25) is 5.76 Å². The third kappa shape index (κ3) is 3.37. The monoisotopic (exact) mass is 260 g/mol. The van der Waals surface area contributed by atoms with E-state index in [9.17, 15) is 4.79 Å². The van der Waals surface area contributed by atoms with Crippen LogP contribution in [0.3, 0.4) is 0 Å². The van der Waals surface area contributed by atoms with Gasteiger partial charge in [-0.3, -0.25) is 0 Å². The number of carboxylic acid groups (broad SMARTS) is 1. The highest BCUT2D eigenvalue weighted by Gasteiger charge is 2.09. The fraction of sp³-hybridized carbons (Fsp3) is 0.267. The van der Waals surface area contributed by atoms with Gasteiger partial charge in [0.15, 0.2) is 0 Å². The first-order chi connectivity index (χ1) is 9.06. The number of carboxylic acids is 1. The predicted molar refractivity (Wildman–Crippen MR) is 70.5 cm³/mol. The quantitative estimate of drug-likeness (QED) is 0.890. The number of hydrogen-bond acceptors (Lipinski definition) is 3. The van der Waals surface area contributed by atoms with Crippen molar-refractivity contribution in [3.05, 3.63) is 53.5 Å². The van der Waals surface area contributed by atoms with Crippen LogP contribution in [0.2, 0.25) is 0 Å². The van der Waals surface area contributed by atoms with Crippen LogP contribution in [0, 0.1) is 0 Å². The van der Waals surface area contributed by atoms with Crippen LogP contribution in [0.1, 0.15) is 41.6 Å². The first kappa shape index (κ1) is 13.2. The zero-order chi connectivity index (χ0) is 13.8. The average molecular weight is 260 g/mol. The van der Waals surface area contributed by atoms with Crippen molar-refractivity contribution in [2.75, 3.05) is 0 Å². The summed E-state index contributed by atoms with van der Waals surface area (Å²) in [7, 11) is 0. The largest absolute Gasteiger partial charge is 0.486 e. The van der Waals surface area contributed by atoms with Crippen molar-refractivity contribution in [1.29, 1.82) is 0 Å². The molecule has 4 nitrogen and oxygen atoms in total. The van der Waals surface area contributed by atoms with E-state index in [0.29, 0.717) is 11.7 Å². The molecule has 0 saturated carbocycles. The third-order valence-corrected chi connectivity index (χ3v) is 2.78. The molecule has 0 aliphatic rings. The van der Waals surface area contributed by atoms with Crippen molar-refractivity contribution in [1.82, 2.24) is 0 Å². The molecule has 2 aromatic rings. The highest BCUT2D eigenvalue weighted by molar-refractivity contribution is 5.84. The normalized spacial score (nSPS) is 10.7. The summed E-state index contributed by atoms with van der Waals surface area (Å²) in [6, 6.07) is 10.9. The molecule has 0 aliphatic heterocycles. The number of ether oxygens (including phenoxy) is 1. The van der Waals surface area contributed by atoms with E-state index in [2.05, 4.69) is 13.8 Å². The molecule has 0 radical (unpaired) electrons. The van der Waals surface area contributed by atoms with Gasteiger partial charge >= 0.3 is 5.97 Å². The summed E-state index contributed by atoms with van der Waals surface area (Å²) in [6.45, 7) is 4.45. The lowest BCUT2D eigenvalue weighted by Crippen LogP contribution is -1.96. The van der Waals surface area contributed by atoms with Crippen molar-refractivity contribution < 1.29 is 19.1 Å². The van der Waals surface area contributed by atoms with E-state index < -0.39 is 5.97 Å². The van der Waals surface area contributed by atoms with Crippen LogP contribution in [-0.4, -0.2) is 11.1 Å². The van der Waals surface area contributed by atoms with Crippen LogP contribution in [-0.2, 0) is 6.61 Å². The minimum Gasteiger partial charge on any atom is -0.486 e. The van der Waals surface area contributed by atoms with E-state index in [0.717, 1.165) is 5.75 Å². The fourth-order valence-corrected chi connectivity index (χ4v) is 1.69. The Labute approximate surface area is 111 Å². The standard InChI is InChI=1S/C15H16O4/c1-10(2)11-4-3-5-12(8-11)18-9-13-6-7-14(19-13)15(16)17/h3-8,10H,9H2,1-2H3,(H,16,17). The molecule has 0 aliphatic carbocycles. The highest BCUT2D eigenvalue weighted by Crippen LogP contribution is 2.21. The molecule has 1 heterocycles. The van der Waals surface area contributed by atoms with Crippen LogP contribution in [0.15, 0.2) is 40.8 Å². The lowest BCUT2D eigenvalue weighted by Gasteiger charge is -2.08. The van der Waals surface area contributed by atoms with E-state index in [1.807, 2.05) is 24.3 Å². The SMILES string of the molecule is CC(C)c1cccc(OCc2ccc(C(=O)O)o2)c1. The van der Waals surface area contributed by atoms with Gasteiger partial charge in [0.1, 0.15) is 18.1 Å². The van der Waals surface area contributed by atoms with Crippen molar-refractivity contribution >= 4 is 5.97 Å². The second kappa shape index (κ2) is 5.61. The van der Waals surface area contributed by atoms with Gasteiger partial charge in [-0.15, -0.1) is 0 Å². The predicted octanol–water partition coefficient (Wildman–Crippen LogP) is 3.68. The van der Waals surface area contributed by atoms with Crippen LogP contribution in [0.25, 0.3) is 0 Å². The van der Waals surface area contributed by atoms with E-state index in [1.54, 1.807) is 6.07 Å². The van der Waals surface area contributed by atoms with Gasteiger partial charge in [-0.2, -0.15) is 0 Å². The average Bonchev–Trinajstić information content (AvgIpc) is 2.85. The molecule has 0 spiro atoms. The van der Waals surface area contributed by atoms with Crippen molar-refractivity contribution in [2.24, 2.45) is 0 Å². The number of carbonyl (C=O) groups is 1. The summed E-state index contributed by atoms with van der Waals surface area (Å²) in [5.74, 6) is 0.528. The number of rotatable bonds is 5. The summed E-state index contributed by atoms with van der Waals surface area (Å²) >= 11 is 0. The van der Waals surface area contributed by atoms with E-state index in [-0.39, 0.29) is 12.4 Å². The Morgan fingerprint density at radius 2 is 2.11 bits per heavy atom. The van der Waals surface area contributed by atoms with Gasteiger partial charge in [0.05, 0.1) is 0 Å². The first-order valence-electron chi connectivity index (χ1n) is 6.11. The van der Waals surface area contributed by atoms with Gasteiger partial charge < -0.3 is 14.3 Å². The maximum Gasteiger partial charge on any atom is 0.371 e. The highest BCUT2D eigenvalue weighted by atomic mass is 16.5. The Hall–Kier alpha value is -2.23. The minimum absolute atomic E-state index is 0.0745. The molecule has 1 N–H and O–H groups in total. The molecule has 0 saturated heterocycles. The Kier molecular flexibility index (Phi) is 3.90. The summed E-state index contributed by atoms with van der Waals surface area (Å²) in [6.07, 6.45) is 0. The molecule has 1 aromatic carbocycles. The number of benzene rings is 1. The molecule has 2 rings (SSSR count). The lowest BCUT2D eigenvalue weighted by atomic mass is 10.0. The van der Waals surface area contributed by atoms with Gasteiger partial charge in [-0.05, 0) is 35.7 Å². The molecule has 0 unspecified atom stereocenters. The zero-order valence-electron chi connectivity index (χ0n) is 10.9. The Morgan fingerprint density at radius 1 is 1.32 bits per heavy atom. The maximum absolute atomic E-state index is 10.7. The second-order valence-corrected chi connectivity index (χ2v) is 4.59. The summed E-state index contributed by atoms with van der Waals surface area (Å²) in [5, 5.41) is 8.75. The molecule has 0 atom stereocenters. The van der Waals surface area contributed by atoms with Gasteiger partial charge in [-0.1, -0.05) is 26.0 Å². The smallest absolute Gasteiger partial charge is 0.371 e. The van der Waals surface area contributed by atoms with Gasteiger partial charge in [0, 0.05) is 0 Å². The molecule has 0 amide bonds. The molecule has 100 valence electrons. The maximum atomic E-state index is 10.7. The number of hydrogen-bond donors (Lipinski definition) is 1. The van der Waals surface area contributed by atoms with Gasteiger partial charge in [0.25, 0.3) is 0 Å². The van der Waals surface area contributed by atoms with E-state index in [4.69, 9.17) is 14.3 Å². The zero-order valence-corrected chi connectivity index (χ0v) is 10.9. The third-order valence-electron chi connectivity index (χ3n) is 2.78. The molecule has 1 aromatic heterocycles.